The van der Waals surface area contributed by atoms with Gasteiger partial charge in [-0.15, -0.1) is 0 Å². The number of benzene rings is 3. The summed E-state index contributed by atoms with van der Waals surface area (Å²) in [6, 6.07) is 18.8. The lowest BCUT2D eigenvalue weighted by molar-refractivity contribution is -0.118. The van der Waals surface area contributed by atoms with Crippen molar-refractivity contribution < 1.29 is 18.3 Å². The lowest BCUT2D eigenvalue weighted by Gasteiger charge is -2.14. The third kappa shape index (κ3) is 5.38. The summed E-state index contributed by atoms with van der Waals surface area (Å²) in [5.41, 5.74) is -0.232. The summed E-state index contributed by atoms with van der Waals surface area (Å²) < 4.78 is 34.5. The van der Waals surface area contributed by atoms with E-state index in [1.165, 1.54) is 6.07 Å². The first-order chi connectivity index (χ1) is 16.0. The number of hydrogen-bond acceptors (Lipinski definition) is 5. The van der Waals surface area contributed by atoms with Crippen LogP contribution in [-0.2, 0) is 4.79 Å². The van der Waals surface area contributed by atoms with Gasteiger partial charge in [-0.2, -0.15) is 0 Å². The minimum atomic E-state index is -0.904. The third-order valence-electron chi connectivity index (χ3n) is 4.66. The summed E-state index contributed by atoms with van der Waals surface area (Å²) in [6.45, 7) is 0.582. The van der Waals surface area contributed by atoms with E-state index in [2.05, 4.69) is 10.3 Å². The first-order valence-electron chi connectivity index (χ1n) is 10.1. The zero-order valence-corrected chi connectivity index (χ0v) is 18.1. The lowest BCUT2D eigenvalue weighted by atomic mass is 10.2. The molecule has 0 saturated heterocycles. The molecule has 0 spiro atoms. The van der Waals surface area contributed by atoms with Gasteiger partial charge in [-0.25, -0.2) is 13.8 Å². The summed E-state index contributed by atoms with van der Waals surface area (Å²) >= 11 is 0.985. The van der Waals surface area contributed by atoms with Crippen molar-refractivity contribution >= 4 is 28.6 Å². The molecule has 0 unspecified atom stereocenters. The highest BCUT2D eigenvalue weighted by Crippen LogP contribution is 2.23. The van der Waals surface area contributed by atoms with Crippen molar-refractivity contribution in [1.29, 1.82) is 0 Å². The fourth-order valence-electron chi connectivity index (χ4n) is 3.14. The average Bonchev–Trinajstić information content (AvgIpc) is 2.82. The molecule has 6 nitrogen and oxygen atoms in total. The van der Waals surface area contributed by atoms with Gasteiger partial charge in [0.1, 0.15) is 24.0 Å². The van der Waals surface area contributed by atoms with Gasteiger partial charge in [0.05, 0.1) is 28.9 Å². The monoisotopic (exact) mass is 467 g/mol. The van der Waals surface area contributed by atoms with Crippen molar-refractivity contribution in [3.63, 3.8) is 0 Å². The number of nitrogens with one attached hydrogen (secondary N) is 1. The van der Waals surface area contributed by atoms with E-state index in [0.29, 0.717) is 30.5 Å². The van der Waals surface area contributed by atoms with E-state index in [4.69, 9.17) is 4.74 Å². The Balaban J connectivity index is 1.50. The van der Waals surface area contributed by atoms with Crippen LogP contribution in [0.1, 0.15) is 0 Å². The summed E-state index contributed by atoms with van der Waals surface area (Å²) in [6.07, 6.45) is 0. The second kappa shape index (κ2) is 10.3. The number of ether oxygens (including phenoxy) is 1. The first-order valence-corrected chi connectivity index (χ1v) is 11.1. The molecule has 0 fully saturated rings. The molecule has 0 atom stereocenters. The second-order valence-corrected chi connectivity index (χ2v) is 7.89. The Morgan fingerprint density at radius 1 is 1.03 bits per heavy atom. The van der Waals surface area contributed by atoms with Crippen LogP contribution in [0.15, 0.2) is 82.7 Å². The molecular weight excluding hydrogens is 448 g/mol. The molecule has 1 amide bonds. The summed E-state index contributed by atoms with van der Waals surface area (Å²) in [4.78, 5) is 29.9. The number of para-hydroxylation sites is 2. The Hall–Kier alpha value is -3.72. The number of carbonyl (C=O) groups is 1. The Kier molecular flexibility index (Phi) is 6.99. The molecular formula is C24H19F2N3O3S. The van der Waals surface area contributed by atoms with E-state index in [1.54, 1.807) is 24.3 Å². The molecule has 1 aromatic heterocycles. The maximum absolute atomic E-state index is 14.5. The quantitative estimate of drug-likeness (QED) is 0.241. The Bertz CT molecular complexity index is 1350. The van der Waals surface area contributed by atoms with E-state index in [-0.39, 0.29) is 27.9 Å². The van der Waals surface area contributed by atoms with Gasteiger partial charge in [-0.3, -0.25) is 14.2 Å². The molecule has 0 aliphatic heterocycles. The molecule has 168 valence electrons. The zero-order chi connectivity index (χ0) is 23.2. The van der Waals surface area contributed by atoms with Crippen LogP contribution in [0.25, 0.3) is 16.6 Å². The van der Waals surface area contributed by atoms with E-state index in [9.17, 15) is 18.4 Å². The maximum Gasteiger partial charge on any atom is 0.266 e. The standard InChI is InChI=1S/C24H19F2N3O3S/c25-16-10-11-21(19(26)14-16)29-23(31)18-8-4-5-9-20(18)28-24(29)33-15-22(30)27-12-13-32-17-6-2-1-3-7-17/h1-11,14H,12-13,15H2,(H,27,30). The van der Waals surface area contributed by atoms with Crippen molar-refractivity contribution in [2.45, 2.75) is 5.16 Å². The van der Waals surface area contributed by atoms with Crippen molar-refractivity contribution in [3.05, 3.63) is 94.8 Å². The molecule has 0 saturated carbocycles. The first kappa shape index (κ1) is 22.5. The highest BCUT2D eigenvalue weighted by molar-refractivity contribution is 7.99. The number of halogens is 2. The highest BCUT2D eigenvalue weighted by atomic mass is 32.2. The average molecular weight is 467 g/mol. The minimum Gasteiger partial charge on any atom is -0.492 e. The normalized spacial score (nSPS) is 10.8. The minimum absolute atomic E-state index is 0.0566. The topological polar surface area (TPSA) is 73.2 Å². The maximum atomic E-state index is 14.5. The number of fused-ring (bicyclic) bond motifs is 1. The van der Waals surface area contributed by atoms with Gasteiger partial charge in [0, 0.05) is 6.07 Å². The van der Waals surface area contributed by atoms with Crippen LogP contribution in [-0.4, -0.2) is 34.4 Å². The number of rotatable bonds is 8. The molecule has 0 bridgehead atoms. The van der Waals surface area contributed by atoms with Gasteiger partial charge in [-0.05, 0) is 36.4 Å². The van der Waals surface area contributed by atoms with Gasteiger partial charge in [-0.1, -0.05) is 42.1 Å². The molecule has 4 aromatic rings. The van der Waals surface area contributed by atoms with E-state index in [0.717, 1.165) is 22.4 Å². The predicted molar refractivity (Wildman–Crippen MR) is 123 cm³/mol. The fourth-order valence-corrected chi connectivity index (χ4v) is 3.98. The SMILES string of the molecule is O=C(CSc1nc2ccccc2c(=O)n1-c1ccc(F)cc1F)NCCOc1ccccc1. The van der Waals surface area contributed by atoms with Crippen LogP contribution >= 0.6 is 11.8 Å². The number of nitrogens with zero attached hydrogens (tertiary/aromatic N) is 2. The fraction of sp³-hybridized carbons (Fsp3) is 0.125. The molecule has 3 aromatic carbocycles. The lowest BCUT2D eigenvalue weighted by Crippen LogP contribution is -2.30. The van der Waals surface area contributed by atoms with Crippen LogP contribution in [0.5, 0.6) is 5.75 Å². The molecule has 0 aliphatic rings. The van der Waals surface area contributed by atoms with Gasteiger partial charge in [0.15, 0.2) is 5.16 Å². The van der Waals surface area contributed by atoms with E-state index in [1.807, 2.05) is 30.3 Å². The molecule has 0 radical (unpaired) electrons. The summed E-state index contributed by atoms with van der Waals surface area (Å²) in [7, 11) is 0. The number of carbonyl (C=O) groups excluding carboxylic acids is 1. The predicted octanol–water partition coefficient (Wildman–Crippen LogP) is 3.95. The summed E-state index contributed by atoms with van der Waals surface area (Å²) in [5, 5.41) is 3.14. The van der Waals surface area contributed by atoms with Crippen LogP contribution < -0.4 is 15.6 Å². The van der Waals surface area contributed by atoms with Crippen LogP contribution in [0.4, 0.5) is 8.78 Å². The van der Waals surface area contributed by atoms with Crippen molar-refractivity contribution in [2.75, 3.05) is 18.9 Å². The molecule has 9 heteroatoms. The smallest absolute Gasteiger partial charge is 0.266 e. The summed E-state index contributed by atoms with van der Waals surface area (Å²) in [5.74, 6) is -1.32. The van der Waals surface area contributed by atoms with Crippen LogP contribution in [0, 0.1) is 11.6 Å². The Labute approximate surface area is 192 Å². The molecule has 4 rings (SSSR count). The third-order valence-corrected chi connectivity index (χ3v) is 5.60. The molecule has 0 aliphatic carbocycles. The molecule has 1 heterocycles. The Morgan fingerprint density at radius 2 is 1.79 bits per heavy atom. The largest absolute Gasteiger partial charge is 0.492 e. The van der Waals surface area contributed by atoms with E-state index >= 15 is 0 Å². The van der Waals surface area contributed by atoms with Crippen LogP contribution in [0.2, 0.25) is 0 Å². The van der Waals surface area contributed by atoms with Gasteiger partial charge in [0.25, 0.3) is 5.56 Å². The zero-order valence-electron chi connectivity index (χ0n) is 17.3. The second-order valence-electron chi connectivity index (χ2n) is 6.95. The number of thioether (sulfide) groups is 1. The number of aromatic nitrogens is 2. The van der Waals surface area contributed by atoms with Gasteiger partial charge < -0.3 is 10.1 Å². The Morgan fingerprint density at radius 3 is 2.58 bits per heavy atom. The number of hydrogen-bond donors (Lipinski definition) is 1. The van der Waals surface area contributed by atoms with Crippen LogP contribution in [0.3, 0.4) is 0 Å². The molecule has 1 N–H and O–H groups in total. The van der Waals surface area contributed by atoms with Crippen molar-refractivity contribution in [2.24, 2.45) is 0 Å². The van der Waals surface area contributed by atoms with Crippen molar-refractivity contribution in [3.8, 4) is 11.4 Å². The highest BCUT2D eigenvalue weighted by Gasteiger charge is 2.17. The molecule has 33 heavy (non-hydrogen) atoms. The van der Waals surface area contributed by atoms with Gasteiger partial charge >= 0.3 is 0 Å². The van der Waals surface area contributed by atoms with Crippen molar-refractivity contribution in [1.82, 2.24) is 14.9 Å². The number of amides is 1. The van der Waals surface area contributed by atoms with Gasteiger partial charge in [0.2, 0.25) is 5.91 Å². The van der Waals surface area contributed by atoms with E-state index < -0.39 is 17.2 Å².